The average molecular weight is 113 g/mol. The van der Waals surface area contributed by atoms with Gasteiger partial charge in [0.1, 0.15) is 0 Å². The van der Waals surface area contributed by atoms with Crippen molar-refractivity contribution in [3.8, 4) is 0 Å². The fourth-order valence-corrected chi connectivity index (χ4v) is 0.789. The Labute approximate surface area is 49.5 Å². The predicted molar refractivity (Wildman–Crippen MR) is 33.5 cm³/mol. The minimum absolute atomic E-state index is 0.969. The molecule has 1 aliphatic rings. The van der Waals surface area contributed by atoms with Crippen LogP contribution in [0.25, 0.3) is 0 Å². The standard InChI is InChI=1S/C5H11N3/c1-5-4-7(2)8(3)6-5/h4H2,1-3H3. The maximum absolute atomic E-state index is 4.15. The molecule has 0 aliphatic carbocycles. The summed E-state index contributed by atoms with van der Waals surface area (Å²) in [6, 6.07) is 0. The van der Waals surface area contributed by atoms with Crippen molar-refractivity contribution in [2.45, 2.75) is 6.92 Å². The number of hydrogen-bond donors (Lipinski definition) is 0. The van der Waals surface area contributed by atoms with Crippen LogP contribution in [0.2, 0.25) is 0 Å². The van der Waals surface area contributed by atoms with Crippen molar-refractivity contribution < 1.29 is 0 Å². The number of nitrogens with zero attached hydrogens (tertiary/aromatic N) is 3. The molecule has 0 bridgehead atoms. The van der Waals surface area contributed by atoms with Gasteiger partial charge in [-0.1, -0.05) is 0 Å². The molecule has 0 aromatic heterocycles. The Morgan fingerprint density at radius 3 is 2.25 bits per heavy atom. The number of hydrazone groups is 1. The van der Waals surface area contributed by atoms with Crippen molar-refractivity contribution in [1.82, 2.24) is 10.1 Å². The first-order valence-corrected chi connectivity index (χ1v) is 2.69. The molecule has 1 rings (SSSR count). The van der Waals surface area contributed by atoms with Gasteiger partial charge in [0, 0.05) is 14.1 Å². The first-order chi connectivity index (χ1) is 3.70. The topological polar surface area (TPSA) is 18.8 Å². The minimum atomic E-state index is 0.969. The van der Waals surface area contributed by atoms with E-state index in [1.54, 1.807) is 0 Å². The first-order valence-electron chi connectivity index (χ1n) is 2.69. The lowest BCUT2D eigenvalue weighted by molar-refractivity contribution is 0.0687. The third kappa shape index (κ3) is 0.816. The van der Waals surface area contributed by atoms with Crippen LogP contribution in [-0.4, -0.2) is 36.5 Å². The molecule has 1 heterocycles. The van der Waals surface area contributed by atoms with E-state index in [4.69, 9.17) is 0 Å². The van der Waals surface area contributed by atoms with Crippen molar-refractivity contribution in [3.05, 3.63) is 0 Å². The van der Waals surface area contributed by atoms with E-state index < -0.39 is 0 Å². The van der Waals surface area contributed by atoms with Gasteiger partial charge in [-0.25, -0.2) is 10.1 Å². The Morgan fingerprint density at radius 1 is 1.50 bits per heavy atom. The summed E-state index contributed by atoms with van der Waals surface area (Å²) in [5.74, 6) is 0. The highest BCUT2D eigenvalue weighted by Crippen LogP contribution is 2.00. The van der Waals surface area contributed by atoms with E-state index in [-0.39, 0.29) is 0 Å². The van der Waals surface area contributed by atoms with Gasteiger partial charge < -0.3 is 0 Å². The van der Waals surface area contributed by atoms with E-state index in [9.17, 15) is 0 Å². The quantitative estimate of drug-likeness (QED) is 0.445. The second-order valence-electron chi connectivity index (χ2n) is 2.14. The fraction of sp³-hybridized carbons (Fsp3) is 0.800. The van der Waals surface area contributed by atoms with Gasteiger partial charge in [0.05, 0.1) is 12.3 Å². The third-order valence-electron chi connectivity index (χ3n) is 1.27. The van der Waals surface area contributed by atoms with Crippen LogP contribution in [0.4, 0.5) is 0 Å². The summed E-state index contributed by atoms with van der Waals surface area (Å²) in [4.78, 5) is 0. The number of hydrazine groups is 1. The molecule has 1 aliphatic heterocycles. The molecule has 46 valence electrons. The number of hydrogen-bond acceptors (Lipinski definition) is 3. The normalized spacial score (nSPS) is 21.9. The second kappa shape index (κ2) is 1.74. The molecule has 0 spiro atoms. The summed E-state index contributed by atoms with van der Waals surface area (Å²) in [7, 11) is 3.95. The van der Waals surface area contributed by atoms with E-state index in [0.717, 1.165) is 6.54 Å². The lowest BCUT2D eigenvalue weighted by Crippen LogP contribution is -2.27. The molecule has 8 heavy (non-hydrogen) atoms. The fourth-order valence-electron chi connectivity index (χ4n) is 0.789. The summed E-state index contributed by atoms with van der Waals surface area (Å²) in [6.07, 6.45) is 0. The van der Waals surface area contributed by atoms with Crippen LogP contribution >= 0.6 is 0 Å². The van der Waals surface area contributed by atoms with Crippen LogP contribution in [-0.2, 0) is 0 Å². The molecule has 3 nitrogen and oxygen atoms in total. The summed E-state index contributed by atoms with van der Waals surface area (Å²) >= 11 is 0. The zero-order valence-corrected chi connectivity index (χ0v) is 5.55. The largest absolute Gasteiger partial charge is 0.230 e. The summed E-state index contributed by atoms with van der Waals surface area (Å²) in [6.45, 7) is 3.00. The lowest BCUT2D eigenvalue weighted by atomic mass is 10.4. The van der Waals surface area contributed by atoms with E-state index in [2.05, 4.69) is 10.1 Å². The van der Waals surface area contributed by atoms with E-state index in [1.165, 1.54) is 5.71 Å². The molecule has 0 aromatic carbocycles. The predicted octanol–water partition coefficient (Wildman–Crippen LogP) is 0.155. The van der Waals surface area contributed by atoms with Gasteiger partial charge in [0.2, 0.25) is 0 Å². The molecule has 0 aromatic rings. The molecule has 3 heteroatoms. The average Bonchev–Trinajstić information content (AvgIpc) is 1.85. The summed E-state index contributed by atoms with van der Waals surface area (Å²) < 4.78 is 0. The van der Waals surface area contributed by atoms with Gasteiger partial charge in [-0.15, -0.1) is 0 Å². The van der Waals surface area contributed by atoms with Crippen LogP contribution in [0.1, 0.15) is 6.92 Å². The van der Waals surface area contributed by atoms with Gasteiger partial charge >= 0.3 is 0 Å². The van der Waals surface area contributed by atoms with Crippen LogP contribution in [0, 0.1) is 0 Å². The molecule has 0 amide bonds. The van der Waals surface area contributed by atoms with Gasteiger partial charge in [-0.3, -0.25) is 0 Å². The summed E-state index contributed by atoms with van der Waals surface area (Å²) in [5.41, 5.74) is 1.18. The smallest absolute Gasteiger partial charge is 0.0593 e. The number of rotatable bonds is 0. The first kappa shape index (κ1) is 5.56. The zero-order valence-electron chi connectivity index (χ0n) is 5.55. The Hall–Kier alpha value is -0.570. The van der Waals surface area contributed by atoms with Crippen molar-refractivity contribution >= 4 is 5.71 Å². The molecule has 0 unspecified atom stereocenters. The SMILES string of the molecule is CC1=NN(C)N(C)C1. The van der Waals surface area contributed by atoms with Crippen LogP contribution in [0.15, 0.2) is 5.10 Å². The van der Waals surface area contributed by atoms with Crippen molar-refractivity contribution in [1.29, 1.82) is 0 Å². The van der Waals surface area contributed by atoms with Gasteiger partial charge in [0.15, 0.2) is 0 Å². The maximum Gasteiger partial charge on any atom is 0.0593 e. The molecular weight excluding hydrogens is 102 g/mol. The zero-order chi connectivity index (χ0) is 6.15. The third-order valence-corrected chi connectivity index (χ3v) is 1.27. The van der Waals surface area contributed by atoms with Crippen molar-refractivity contribution in [3.63, 3.8) is 0 Å². The molecule has 0 atom stereocenters. The Morgan fingerprint density at radius 2 is 2.12 bits per heavy atom. The van der Waals surface area contributed by atoms with Gasteiger partial charge in [-0.2, -0.15) is 5.10 Å². The highest BCUT2D eigenvalue weighted by Gasteiger charge is 2.11. The highest BCUT2D eigenvalue weighted by atomic mass is 15.8. The highest BCUT2D eigenvalue weighted by molar-refractivity contribution is 5.84. The van der Waals surface area contributed by atoms with E-state index in [0.29, 0.717) is 0 Å². The van der Waals surface area contributed by atoms with Crippen LogP contribution in [0.3, 0.4) is 0 Å². The van der Waals surface area contributed by atoms with Crippen molar-refractivity contribution in [2.75, 3.05) is 20.6 Å². The van der Waals surface area contributed by atoms with E-state index in [1.807, 2.05) is 26.1 Å². The van der Waals surface area contributed by atoms with Gasteiger partial charge in [0.25, 0.3) is 0 Å². The minimum Gasteiger partial charge on any atom is -0.230 e. The molecule has 0 saturated carbocycles. The van der Waals surface area contributed by atoms with E-state index >= 15 is 0 Å². The lowest BCUT2D eigenvalue weighted by Gasteiger charge is -2.16. The van der Waals surface area contributed by atoms with Crippen LogP contribution < -0.4 is 0 Å². The molecule has 0 N–H and O–H groups in total. The molecule has 0 saturated heterocycles. The molecule has 0 radical (unpaired) electrons. The molecule has 0 fully saturated rings. The van der Waals surface area contributed by atoms with Crippen LogP contribution in [0.5, 0.6) is 0 Å². The molecular formula is C5H11N3. The Balaban J connectivity index is 2.56. The second-order valence-corrected chi connectivity index (χ2v) is 2.14. The van der Waals surface area contributed by atoms with Gasteiger partial charge in [-0.05, 0) is 6.92 Å². The maximum atomic E-state index is 4.15. The van der Waals surface area contributed by atoms with Crippen molar-refractivity contribution in [2.24, 2.45) is 5.10 Å². The Kier molecular flexibility index (Phi) is 1.21. The summed E-state index contributed by atoms with van der Waals surface area (Å²) in [5, 5.41) is 8.04. The monoisotopic (exact) mass is 113 g/mol. The Bertz CT molecular complexity index is 119.